The first kappa shape index (κ1) is 15.1. The van der Waals surface area contributed by atoms with E-state index in [2.05, 4.69) is 54.0 Å². The predicted octanol–water partition coefficient (Wildman–Crippen LogP) is 2.81. The van der Waals surface area contributed by atoms with Gasteiger partial charge in [-0.3, -0.25) is 0 Å². The molecule has 1 aromatic carbocycles. The second-order valence-corrected chi connectivity index (χ2v) is 5.04. The van der Waals surface area contributed by atoms with Crippen LogP contribution in [0.1, 0.15) is 30.7 Å². The third-order valence-electron chi connectivity index (χ3n) is 3.54. The zero-order valence-corrected chi connectivity index (χ0v) is 13.2. The number of imidazole rings is 1. The Balaban J connectivity index is 2.23. The van der Waals surface area contributed by atoms with E-state index in [1.54, 1.807) is 4.68 Å². The lowest BCUT2D eigenvalue weighted by atomic mass is 10.1. The summed E-state index contributed by atoms with van der Waals surface area (Å²) in [5.74, 6) is 0.404. The van der Waals surface area contributed by atoms with E-state index in [1.165, 1.54) is 11.3 Å². The Hall–Kier alpha value is -2.30. The van der Waals surface area contributed by atoms with Crippen molar-refractivity contribution in [1.82, 2.24) is 9.66 Å². The average molecular weight is 285 g/mol. The molecule has 0 unspecified atom stereocenters. The summed E-state index contributed by atoms with van der Waals surface area (Å²) in [4.78, 5) is 6.45. The standard InChI is InChI=1S/C16H23N5/c1-5-20(6-2)15-8-7-14(12(3)9-15)10-18-21-11-13(4)19-16(21)17/h7-11H,5-6H2,1-4H3,(H2,17,19). The molecule has 5 nitrogen and oxygen atoms in total. The molecule has 0 aliphatic rings. The molecule has 0 fully saturated rings. The number of hydrogen-bond acceptors (Lipinski definition) is 4. The molecule has 0 amide bonds. The van der Waals surface area contributed by atoms with Crippen molar-refractivity contribution in [2.75, 3.05) is 23.7 Å². The fourth-order valence-corrected chi connectivity index (χ4v) is 2.31. The molecule has 112 valence electrons. The van der Waals surface area contributed by atoms with E-state index in [1.807, 2.05) is 19.3 Å². The van der Waals surface area contributed by atoms with Gasteiger partial charge in [0.1, 0.15) is 0 Å². The van der Waals surface area contributed by atoms with Crippen molar-refractivity contribution in [2.45, 2.75) is 27.7 Å². The van der Waals surface area contributed by atoms with E-state index in [9.17, 15) is 0 Å². The minimum atomic E-state index is 0.404. The van der Waals surface area contributed by atoms with E-state index >= 15 is 0 Å². The third-order valence-corrected chi connectivity index (χ3v) is 3.54. The predicted molar refractivity (Wildman–Crippen MR) is 89.1 cm³/mol. The van der Waals surface area contributed by atoms with Gasteiger partial charge in [-0.05, 0) is 51.0 Å². The smallest absolute Gasteiger partial charge is 0.221 e. The number of anilines is 2. The Morgan fingerprint density at radius 2 is 2.00 bits per heavy atom. The molecular formula is C16H23N5. The van der Waals surface area contributed by atoms with Gasteiger partial charge >= 0.3 is 0 Å². The highest BCUT2D eigenvalue weighted by Crippen LogP contribution is 2.18. The SMILES string of the molecule is CCN(CC)c1ccc(C=Nn2cc(C)nc2N)c(C)c1. The topological polar surface area (TPSA) is 59.4 Å². The van der Waals surface area contributed by atoms with Crippen molar-refractivity contribution in [3.63, 3.8) is 0 Å². The van der Waals surface area contributed by atoms with Gasteiger partial charge < -0.3 is 10.6 Å². The maximum absolute atomic E-state index is 5.77. The van der Waals surface area contributed by atoms with Gasteiger partial charge in [0.2, 0.25) is 5.95 Å². The first-order valence-corrected chi connectivity index (χ1v) is 7.26. The van der Waals surface area contributed by atoms with Crippen LogP contribution in [0.4, 0.5) is 11.6 Å². The van der Waals surface area contributed by atoms with Crippen LogP contribution in [0, 0.1) is 13.8 Å². The van der Waals surface area contributed by atoms with Crippen LogP contribution in [0.15, 0.2) is 29.5 Å². The van der Waals surface area contributed by atoms with E-state index < -0.39 is 0 Å². The Morgan fingerprint density at radius 3 is 2.52 bits per heavy atom. The minimum Gasteiger partial charge on any atom is -0.372 e. The highest BCUT2D eigenvalue weighted by molar-refractivity contribution is 5.82. The van der Waals surface area contributed by atoms with E-state index in [0.717, 1.165) is 24.3 Å². The lowest BCUT2D eigenvalue weighted by Crippen LogP contribution is -2.21. The maximum Gasteiger partial charge on any atom is 0.221 e. The summed E-state index contributed by atoms with van der Waals surface area (Å²) < 4.78 is 1.59. The number of benzene rings is 1. The quantitative estimate of drug-likeness (QED) is 0.859. The van der Waals surface area contributed by atoms with Gasteiger partial charge in [0.25, 0.3) is 0 Å². The molecule has 1 heterocycles. The van der Waals surface area contributed by atoms with Crippen molar-refractivity contribution in [1.29, 1.82) is 0 Å². The minimum absolute atomic E-state index is 0.404. The van der Waals surface area contributed by atoms with E-state index in [-0.39, 0.29) is 0 Å². The van der Waals surface area contributed by atoms with Gasteiger partial charge in [-0.2, -0.15) is 5.10 Å². The summed E-state index contributed by atoms with van der Waals surface area (Å²) >= 11 is 0. The van der Waals surface area contributed by atoms with Crippen LogP contribution in [0.25, 0.3) is 0 Å². The first-order chi connectivity index (χ1) is 10.0. The molecule has 0 spiro atoms. The van der Waals surface area contributed by atoms with Gasteiger partial charge in [-0.15, -0.1) is 0 Å². The largest absolute Gasteiger partial charge is 0.372 e. The van der Waals surface area contributed by atoms with Gasteiger partial charge in [0.05, 0.1) is 18.1 Å². The summed E-state index contributed by atoms with van der Waals surface area (Å²) in [6.45, 7) is 10.3. The van der Waals surface area contributed by atoms with Gasteiger partial charge in [-0.25, -0.2) is 9.66 Å². The molecule has 1 aromatic heterocycles. The van der Waals surface area contributed by atoms with E-state index in [0.29, 0.717) is 5.95 Å². The number of hydrogen-bond donors (Lipinski definition) is 1. The second kappa shape index (κ2) is 6.43. The molecule has 0 bridgehead atoms. The van der Waals surface area contributed by atoms with Gasteiger partial charge in [-0.1, -0.05) is 6.07 Å². The lowest BCUT2D eigenvalue weighted by Gasteiger charge is -2.21. The Morgan fingerprint density at radius 1 is 1.29 bits per heavy atom. The number of nitrogens with zero attached hydrogens (tertiary/aromatic N) is 4. The van der Waals surface area contributed by atoms with Crippen molar-refractivity contribution < 1.29 is 0 Å². The number of aromatic nitrogens is 2. The van der Waals surface area contributed by atoms with Crippen LogP contribution in [0.3, 0.4) is 0 Å². The Labute approximate surface area is 126 Å². The molecular weight excluding hydrogens is 262 g/mol. The Bertz CT molecular complexity index is 638. The highest BCUT2D eigenvalue weighted by atomic mass is 15.4. The summed E-state index contributed by atoms with van der Waals surface area (Å²) in [6, 6.07) is 6.41. The van der Waals surface area contributed by atoms with Crippen molar-refractivity contribution >= 4 is 17.9 Å². The molecule has 2 aromatic rings. The monoisotopic (exact) mass is 285 g/mol. The molecule has 2 N–H and O–H groups in total. The fraction of sp³-hybridized carbons (Fsp3) is 0.375. The second-order valence-electron chi connectivity index (χ2n) is 5.04. The molecule has 0 aliphatic heterocycles. The van der Waals surface area contributed by atoms with Crippen LogP contribution in [0.2, 0.25) is 0 Å². The maximum atomic E-state index is 5.77. The molecule has 0 radical (unpaired) electrons. The van der Waals surface area contributed by atoms with Gasteiger partial charge in [0.15, 0.2) is 0 Å². The molecule has 0 atom stereocenters. The number of aryl methyl sites for hydroxylation is 2. The third kappa shape index (κ3) is 3.42. The normalized spacial score (nSPS) is 11.2. The van der Waals surface area contributed by atoms with Crippen LogP contribution in [-0.2, 0) is 0 Å². The Kier molecular flexibility index (Phi) is 4.62. The zero-order valence-electron chi connectivity index (χ0n) is 13.2. The van der Waals surface area contributed by atoms with Crippen molar-refractivity contribution in [3.8, 4) is 0 Å². The summed E-state index contributed by atoms with van der Waals surface area (Å²) in [5.41, 5.74) is 10.2. The fourth-order valence-electron chi connectivity index (χ4n) is 2.31. The molecule has 0 aliphatic carbocycles. The molecule has 0 saturated heterocycles. The van der Waals surface area contributed by atoms with Crippen LogP contribution < -0.4 is 10.6 Å². The number of nitrogen functional groups attached to an aromatic ring is 1. The van der Waals surface area contributed by atoms with Crippen molar-refractivity contribution in [3.05, 3.63) is 41.2 Å². The van der Waals surface area contributed by atoms with E-state index in [4.69, 9.17) is 5.73 Å². The molecule has 5 heteroatoms. The van der Waals surface area contributed by atoms with Crippen molar-refractivity contribution in [2.24, 2.45) is 5.10 Å². The van der Waals surface area contributed by atoms with Crippen LogP contribution >= 0.6 is 0 Å². The summed E-state index contributed by atoms with van der Waals surface area (Å²) in [5, 5.41) is 4.36. The average Bonchev–Trinajstić information content (AvgIpc) is 2.77. The zero-order chi connectivity index (χ0) is 15.4. The summed E-state index contributed by atoms with van der Waals surface area (Å²) in [7, 11) is 0. The highest BCUT2D eigenvalue weighted by Gasteiger charge is 2.04. The van der Waals surface area contributed by atoms with Crippen LogP contribution in [0.5, 0.6) is 0 Å². The summed E-state index contributed by atoms with van der Waals surface area (Å²) in [6.07, 6.45) is 3.63. The first-order valence-electron chi connectivity index (χ1n) is 7.26. The molecule has 2 rings (SSSR count). The van der Waals surface area contributed by atoms with Gasteiger partial charge in [0, 0.05) is 18.8 Å². The lowest BCUT2D eigenvalue weighted by molar-refractivity contribution is 0.865. The molecule has 21 heavy (non-hydrogen) atoms. The molecule has 0 saturated carbocycles. The number of nitrogens with two attached hydrogens (primary N) is 1. The number of rotatable bonds is 5. The van der Waals surface area contributed by atoms with Crippen LogP contribution in [-0.4, -0.2) is 29.0 Å².